The zero-order chi connectivity index (χ0) is 20.2. The van der Waals surface area contributed by atoms with Gasteiger partial charge < -0.3 is 19.9 Å². The normalized spacial score (nSPS) is 11.3. The van der Waals surface area contributed by atoms with Crippen LogP contribution in [0.2, 0.25) is 10.0 Å². The first-order valence-electron chi connectivity index (χ1n) is 8.19. The molecule has 2 N–H and O–H groups in total. The highest BCUT2D eigenvalue weighted by molar-refractivity contribution is 6.39. The molecule has 1 heterocycles. The fourth-order valence-electron chi connectivity index (χ4n) is 2.23. The molecule has 0 bridgehead atoms. The van der Waals surface area contributed by atoms with Crippen molar-refractivity contribution in [1.82, 2.24) is 10.3 Å². The number of pyridine rings is 1. The van der Waals surface area contributed by atoms with E-state index in [9.17, 15) is 14.7 Å². The summed E-state index contributed by atoms with van der Waals surface area (Å²) in [6, 6.07) is 4.36. The van der Waals surface area contributed by atoms with E-state index in [1.54, 1.807) is 20.8 Å². The maximum absolute atomic E-state index is 11.6. The number of hydrogen-bond donors (Lipinski definition) is 2. The number of carbonyl (C=O) groups is 2. The van der Waals surface area contributed by atoms with Crippen LogP contribution in [-0.2, 0) is 4.74 Å². The highest BCUT2D eigenvalue weighted by atomic mass is 35.5. The van der Waals surface area contributed by atoms with Gasteiger partial charge in [0.2, 0.25) is 0 Å². The third kappa shape index (κ3) is 6.15. The third-order valence-electron chi connectivity index (χ3n) is 3.26. The van der Waals surface area contributed by atoms with Gasteiger partial charge in [-0.05, 0) is 39.3 Å². The van der Waals surface area contributed by atoms with Crippen molar-refractivity contribution in [3.63, 3.8) is 0 Å². The quantitative estimate of drug-likeness (QED) is 0.673. The van der Waals surface area contributed by atoms with Crippen LogP contribution in [0.5, 0.6) is 5.75 Å². The van der Waals surface area contributed by atoms with Gasteiger partial charge in [-0.1, -0.05) is 23.2 Å². The van der Waals surface area contributed by atoms with Gasteiger partial charge >= 0.3 is 12.1 Å². The van der Waals surface area contributed by atoms with E-state index in [-0.39, 0.29) is 18.1 Å². The lowest BCUT2D eigenvalue weighted by molar-refractivity contribution is 0.0524. The number of hydrogen-bond acceptors (Lipinski definition) is 5. The number of carboxylic acids is 1. The molecule has 0 spiro atoms. The number of carbonyl (C=O) groups excluding carboxylic acids is 1. The number of aromatic carboxylic acids is 1. The lowest BCUT2D eigenvalue weighted by Gasteiger charge is -2.19. The van der Waals surface area contributed by atoms with E-state index >= 15 is 0 Å². The van der Waals surface area contributed by atoms with Gasteiger partial charge in [-0.15, -0.1) is 0 Å². The minimum absolute atomic E-state index is 0.178. The summed E-state index contributed by atoms with van der Waals surface area (Å²) in [6.45, 7) is 5.90. The number of carboxylic acid groups (broad SMARTS) is 1. The van der Waals surface area contributed by atoms with E-state index < -0.39 is 17.7 Å². The van der Waals surface area contributed by atoms with Gasteiger partial charge in [-0.3, -0.25) is 0 Å². The second-order valence-corrected chi connectivity index (χ2v) is 7.57. The van der Waals surface area contributed by atoms with Gasteiger partial charge in [0, 0.05) is 17.6 Å². The molecular weight excluding hydrogens is 395 g/mol. The Kier molecular flexibility index (Phi) is 6.73. The minimum atomic E-state index is -1.19. The summed E-state index contributed by atoms with van der Waals surface area (Å²) in [5, 5.41) is 13.0. The smallest absolute Gasteiger partial charge is 0.407 e. The number of rotatable bonds is 6. The molecule has 9 heteroatoms. The molecule has 0 aliphatic carbocycles. The van der Waals surface area contributed by atoms with E-state index in [4.69, 9.17) is 32.7 Å². The molecule has 2 aromatic rings. The fraction of sp³-hybridized carbons (Fsp3) is 0.389. The van der Waals surface area contributed by atoms with Crippen molar-refractivity contribution < 1.29 is 24.2 Å². The number of amides is 1. The van der Waals surface area contributed by atoms with Gasteiger partial charge in [0.05, 0.1) is 22.5 Å². The summed E-state index contributed by atoms with van der Waals surface area (Å²) in [6.07, 6.45) is -0.0286. The first-order valence-corrected chi connectivity index (χ1v) is 8.95. The molecule has 2 rings (SSSR count). The number of alkyl carbamates (subject to hydrolysis) is 1. The molecular formula is C18H20Cl2N2O5. The number of fused-ring (bicyclic) bond motifs is 1. The van der Waals surface area contributed by atoms with Crippen molar-refractivity contribution in [2.24, 2.45) is 0 Å². The van der Waals surface area contributed by atoms with E-state index in [1.165, 1.54) is 18.2 Å². The Bertz CT molecular complexity index is 865. The predicted octanol–water partition coefficient (Wildman–Crippen LogP) is 4.53. The molecule has 0 radical (unpaired) electrons. The molecule has 0 aliphatic heterocycles. The van der Waals surface area contributed by atoms with E-state index in [2.05, 4.69) is 10.3 Å². The monoisotopic (exact) mass is 414 g/mol. The number of ether oxygens (including phenoxy) is 2. The molecule has 0 atom stereocenters. The van der Waals surface area contributed by atoms with Gasteiger partial charge in [-0.2, -0.15) is 0 Å². The number of nitrogens with one attached hydrogen (secondary N) is 1. The van der Waals surface area contributed by atoms with Crippen LogP contribution in [0.15, 0.2) is 18.2 Å². The third-order valence-corrected chi connectivity index (χ3v) is 3.77. The second kappa shape index (κ2) is 8.63. The molecule has 1 aromatic carbocycles. The number of benzene rings is 1. The standard InChI is InChI=1S/C18H20Cl2N2O5/c1-18(2,3)27-17(25)21-5-4-6-26-14-9-13(16(23)24)22-12-8-10(19)7-11(20)15(12)14/h7-9H,4-6H2,1-3H3,(H,21,25)(H,23,24). The Morgan fingerprint density at radius 3 is 2.56 bits per heavy atom. The number of nitrogens with zero attached hydrogens (tertiary/aromatic N) is 1. The first kappa shape index (κ1) is 21.1. The van der Waals surface area contributed by atoms with Crippen molar-refractivity contribution >= 4 is 46.2 Å². The van der Waals surface area contributed by atoms with Gasteiger partial charge in [0.1, 0.15) is 11.4 Å². The van der Waals surface area contributed by atoms with Crippen LogP contribution >= 0.6 is 23.2 Å². The predicted molar refractivity (Wildman–Crippen MR) is 103 cm³/mol. The van der Waals surface area contributed by atoms with Crippen LogP contribution in [0.4, 0.5) is 4.79 Å². The largest absolute Gasteiger partial charge is 0.493 e. The van der Waals surface area contributed by atoms with Crippen molar-refractivity contribution in [3.8, 4) is 5.75 Å². The lowest BCUT2D eigenvalue weighted by Crippen LogP contribution is -2.33. The van der Waals surface area contributed by atoms with Crippen LogP contribution in [0.3, 0.4) is 0 Å². The van der Waals surface area contributed by atoms with Crippen LogP contribution in [-0.4, -0.2) is 40.9 Å². The summed E-state index contributed by atoms with van der Waals surface area (Å²) < 4.78 is 10.8. The van der Waals surface area contributed by atoms with Crippen LogP contribution < -0.4 is 10.1 Å². The Morgan fingerprint density at radius 1 is 1.22 bits per heavy atom. The molecule has 1 aromatic heterocycles. The highest BCUT2D eigenvalue weighted by Gasteiger charge is 2.17. The first-order chi connectivity index (χ1) is 12.6. The highest BCUT2D eigenvalue weighted by Crippen LogP contribution is 2.34. The topological polar surface area (TPSA) is 97.8 Å². The summed E-state index contributed by atoms with van der Waals surface area (Å²) in [5.41, 5.74) is -0.418. The zero-order valence-electron chi connectivity index (χ0n) is 15.1. The number of halogens is 2. The van der Waals surface area contributed by atoms with Gasteiger partial charge in [-0.25, -0.2) is 14.6 Å². The van der Waals surface area contributed by atoms with Crippen molar-refractivity contribution in [1.29, 1.82) is 0 Å². The van der Waals surface area contributed by atoms with E-state index in [0.717, 1.165) is 0 Å². The maximum atomic E-state index is 11.6. The van der Waals surface area contributed by atoms with E-state index in [1.807, 2.05) is 0 Å². The Balaban J connectivity index is 2.05. The number of aromatic nitrogens is 1. The van der Waals surface area contributed by atoms with Crippen molar-refractivity contribution in [2.75, 3.05) is 13.2 Å². The Labute approximate surface area is 166 Å². The molecule has 0 saturated carbocycles. The average molecular weight is 415 g/mol. The molecule has 27 heavy (non-hydrogen) atoms. The molecule has 146 valence electrons. The SMILES string of the molecule is CC(C)(C)OC(=O)NCCCOc1cc(C(=O)O)nc2cc(Cl)cc(Cl)c12. The molecule has 0 unspecified atom stereocenters. The zero-order valence-corrected chi connectivity index (χ0v) is 16.6. The Morgan fingerprint density at radius 2 is 1.93 bits per heavy atom. The summed E-state index contributed by atoms with van der Waals surface area (Å²) in [5.74, 6) is -0.902. The fourth-order valence-corrected chi connectivity index (χ4v) is 2.81. The minimum Gasteiger partial charge on any atom is -0.493 e. The Hall–Kier alpha value is -2.25. The van der Waals surface area contributed by atoms with Crippen LogP contribution in [0.1, 0.15) is 37.7 Å². The summed E-state index contributed by atoms with van der Waals surface area (Å²) in [4.78, 5) is 26.9. The molecule has 0 fully saturated rings. The van der Waals surface area contributed by atoms with Gasteiger partial charge in [0.25, 0.3) is 0 Å². The van der Waals surface area contributed by atoms with Gasteiger partial charge in [0.15, 0.2) is 5.69 Å². The summed E-state index contributed by atoms with van der Waals surface area (Å²) in [7, 11) is 0. The van der Waals surface area contributed by atoms with Crippen molar-refractivity contribution in [3.05, 3.63) is 33.9 Å². The average Bonchev–Trinajstić information content (AvgIpc) is 2.51. The molecule has 1 amide bonds. The van der Waals surface area contributed by atoms with Crippen LogP contribution in [0, 0.1) is 0 Å². The molecule has 7 nitrogen and oxygen atoms in total. The second-order valence-electron chi connectivity index (χ2n) is 6.72. The summed E-state index contributed by atoms with van der Waals surface area (Å²) >= 11 is 12.2. The molecule has 0 saturated heterocycles. The maximum Gasteiger partial charge on any atom is 0.407 e. The molecule has 0 aliphatic rings. The van der Waals surface area contributed by atoms with E-state index in [0.29, 0.717) is 33.9 Å². The lowest BCUT2D eigenvalue weighted by atomic mass is 10.1. The van der Waals surface area contributed by atoms with Crippen LogP contribution in [0.25, 0.3) is 10.9 Å². The van der Waals surface area contributed by atoms with Crippen molar-refractivity contribution in [2.45, 2.75) is 32.8 Å².